The Morgan fingerprint density at radius 2 is 0.726 bits per heavy atom. The molecule has 0 saturated heterocycles. The molecule has 20 rings (SSSR count). The van der Waals surface area contributed by atoms with Crippen molar-refractivity contribution in [1.82, 2.24) is 82.2 Å². The van der Waals surface area contributed by atoms with Crippen LogP contribution in [0.25, 0.3) is 67.1 Å². The molecule has 0 unspecified atom stereocenters. The van der Waals surface area contributed by atoms with Crippen LogP contribution in [0.2, 0.25) is 0 Å². The van der Waals surface area contributed by atoms with Crippen LogP contribution in [0.15, 0.2) is 166 Å². The number of hydrogen-bond donors (Lipinski definition) is 4. The second-order valence-corrected chi connectivity index (χ2v) is 29.2. The van der Waals surface area contributed by atoms with Crippen molar-refractivity contribution >= 4 is 46.4 Å². The third-order valence-corrected chi connectivity index (χ3v) is 20.9. The minimum atomic E-state index is -0.429. The fraction of sp³-hybridized carbons (Fsp3) is 0.241. The van der Waals surface area contributed by atoms with Crippen molar-refractivity contribution < 1.29 is 40.9 Å². The van der Waals surface area contributed by atoms with Crippen LogP contribution in [0.1, 0.15) is 98.3 Å². The van der Waals surface area contributed by atoms with Crippen LogP contribution in [-0.2, 0) is 51.9 Å². The molecule has 117 heavy (non-hydrogen) atoms. The average Bonchev–Trinajstić information content (AvgIpc) is 1.73. The van der Waals surface area contributed by atoms with Crippen molar-refractivity contribution in [2.75, 3.05) is 47.7 Å². The molecule has 30 heteroatoms. The van der Waals surface area contributed by atoms with Crippen LogP contribution < -0.4 is 40.2 Å². The van der Waals surface area contributed by atoms with Crippen molar-refractivity contribution in [1.29, 1.82) is 0 Å². The van der Waals surface area contributed by atoms with Gasteiger partial charge in [-0.2, -0.15) is 5.10 Å². The largest absolute Gasteiger partial charge is 0.493 e. The Hall–Kier alpha value is -13.9. The Morgan fingerprint density at radius 3 is 1.09 bits per heavy atom. The molecule has 16 heterocycles. The van der Waals surface area contributed by atoms with Crippen LogP contribution in [-0.4, -0.2) is 109 Å². The van der Waals surface area contributed by atoms with E-state index < -0.39 is 5.82 Å². The van der Waals surface area contributed by atoms with Crippen molar-refractivity contribution in [3.05, 3.63) is 273 Å². The summed E-state index contributed by atoms with van der Waals surface area (Å²) in [5.41, 5.74) is 21.6. The van der Waals surface area contributed by atoms with Crippen LogP contribution in [0.3, 0.4) is 0 Å². The molecule has 0 saturated carbocycles. The molecule has 4 aliphatic rings. The number of hydrogen-bond acceptors (Lipinski definition) is 20. The van der Waals surface area contributed by atoms with Gasteiger partial charge in [0.15, 0.2) is 0 Å². The highest BCUT2D eigenvalue weighted by Crippen LogP contribution is 2.38. The highest BCUT2D eigenvalue weighted by Gasteiger charge is 2.27. The minimum absolute atomic E-state index is 0.234. The Morgan fingerprint density at radius 1 is 0.368 bits per heavy atom. The molecule has 4 aliphatic heterocycles. The number of fused-ring (bicyclic) bond motifs is 8. The van der Waals surface area contributed by atoms with Gasteiger partial charge in [0, 0.05) is 234 Å². The number of nitrogens with zero attached hydrogens (tertiary/aromatic N) is 17. The number of pyridine rings is 3. The number of nitrogens with one attached hydrogen (secondary N) is 4. The van der Waals surface area contributed by atoms with E-state index in [0.29, 0.717) is 115 Å². The molecular formula is C87H80F5N21O4. The second kappa shape index (κ2) is 32.2. The van der Waals surface area contributed by atoms with Gasteiger partial charge < -0.3 is 40.2 Å². The smallest absolute Gasteiger partial charge is 0.208 e. The SMILES string of the molecule is Cc1cn2c(NCc3c(F)ccc4c3CCO4)ncc(-c3cncc(F)c3)c2n1.Cc1cn2c(NCc3c(F)ccc4c3CCO4)ncc(-c3cnccc3C)c2n1.Cc1cn2c(NCc3c(F)ccc4c3CCO4)ncc(-c3cnn(C(C)C)c3)c2n1.Cc1cncc(-c2cnc(NCc3c(F)ccc4c3CCO4)n3cc(C)nc23)c1. The average molecular weight is 1580 g/mol. The van der Waals surface area contributed by atoms with Gasteiger partial charge in [-0.25, -0.2) is 61.8 Å². The highest BCUT2D eigenvalue weighted by molar-refractivity contribution is 5.82. The fourth-order valence-corrected chi connectivity index (χ4v) is 15.2. The van der Waals surface area contributed by atoms with E-state index in [2.05, 4.69) is 101 Å². The standard InChI is InChI=1S/C22H23FN6O.2C22H20FN5O.C21H17F2N5O/c1-13(2)29-12-15(8-26-29)17-9-24-22(28-11-14(3)27-21(17)28)25-10-18-16-6-7-30-20(16)5-4-19(18)23;1-13-5-7-24-9-16(13)18-11-26-22(28-12-14(2)27-21(18)28)25-10-17-15-6-8-29-20(15)4-3-19(17)23;1-13-7-15(9-24-8-13)17-10-25-22(28-12-14(2)27-21(17)28)26-11-18-16-5-6-29-20(16)4-3-19(18)23;1-12-11-28-20(27-12)16(13-6-14(22)8-24-7-13)9-25-21(28)26-10-17-15-4-5-29-19(15)3-2-18(17)23/h4-5,8-9,11-13H,6-7,10H2,1-3H3,(H,24,25);3-5,7,9,11-12H,6,8,10H2,1-2H3,(H,25,26);3-4,7-10,12H,5-6,11H2,1-2H3,(H,25,26);2-3,6-9,11H,4-5,10H2,1H3,(H,25,26). The lowest BCUT2D eigenvalue weighted by atomic mass is 10.0. The predicted octanol–water partition coefficient (Wildman–Crippen LogP) is 16.3. The maximum absolute atomic E-state index is 14.5. The van der Waals surface area contributed by atoms with E-state index in [1.165, 1.54) is 30.3 Å². The fourth-order valence-electron chi connectivity index (χ4n) is 15.2. The maximum atomic E-state index is 14.5. The summed E-state index contributed by atoms with van der Waals surface area (Å²) in [5, 5.41) is 17.5. The summed E-state index contributed by atoms with van der Waals surface area (Å²) in [6.07, 6.45) is 31.2. The summed E-state index contributed by atoms with van der Waals surface area (Å²) in [4.78, 5) is 49.3. The van der Waals surface area contributed by atoms with Gasteiger partial charge >= 0.3 is 0 Å². The molecule has 0 atom stereocenters. The molecule has 4 aromatic carbocycles. The topological polar surface area (TPSA) is 262 Å². The van der Waals surface area contributed by atoms with Crippen LogP contribution in [0, 0.1) is 70.6 Å². The Kier molecular flexibility index (Phi) is 20.8. The molecule has 0 bridgehead atoms. The first-order valence-corrected chi connectivity index (χ1v) is 38.4. The Bertz CT molecular complexity index is 6300. The van der Waals surface area contributed by atoms with Crippen LogP contribution >= 0.6 is 0 Å². The molecule has 16 aromatic rings. The first-order valence-electron chi connectivity index (χ1n) is 38.4. The quantitative estimate of drug-likeness (QED) is 0.0617. The number of aryl methyl sites for hydroxylation is 6. The lowest BCUT2D eigenvalue weighted by Gasteiger charge is -2.13. The molecule has 0 fully saturated rings. The maximum Gasteiger partial charge on any atom is 0.208 e. The van der Waals surface area contributed by atoms with Gasteiger partial charge in [-0.15, -0.1) is 0 Å². The normalized spacial score (nSPS) is 12.9. The zero-order valence-electron chi connectivity index (χ0n) is 65.3. The number of halogens is 5. The second-order valence-electron chi connectivity index (χ2n) is 29.2. The van der Waals surface area contributed by atoms with Gasteiger partial charge in [0.25, 0.3) is 0 Å². The summed E-state index contributed by atoms with van der Waals surface area (Å²) in [6, 6.07) is 18.2. The third kappa shape index (κ3) is 15.3. The molecule has 0 spiro atoms. The Labute approximate surface area is 668 Å². The van der Waals surface area contributed by atoms with E-state index in [-0.39, 0.29) is 35.9 Å². The first kappa shape index (κ1) is 75.7. The third-order valence-electron chi connectivity index (χ3n) is 20.9. The van der Waals surface area contributed by atoms with Gasteiger partial charge in [0.2, 0.25) is 23.8 Å². The lowest BCUT2D eigenvalue weighted by Crippen LogP contribution is -2.09. The zero-order chi connectivity index (χ0) is 80.7. The zero-order valence-corrected chi connectivity index (χ0v) is 65.3. The number of imidazole rings is 4. The highest BCUT2D eigenvalue weighted by atomic mass is 19.1. The predicted molar refractivity (Wildman–Crippen MR) is 433 cm³/mol. The van der Waals surface area contributed by atoms with Crippen molar-refractivity contribution in [3.63, 3.8) is 0 Å². The summed E-state index contributed by atoms with van der Waals surface area (Å²) >= 11 is 0. The van der Waals surface area contributed by atoms with E-state index in [1.807, 2.05) is 121 Å². The van der Waals surface area contributed by atoms with E-state index in [9.17, 15) is 22.0 Å². The van der Waals surface area contributed by atoms with E-state index in [4.69, 9.17) is 18.9 Å². The number of anilines is 4. The number of benzene rings is 4. The molecular weight excluding hydrogens is 1500 g/mol. The van der Waals surface area contributed by atoms with Crippen molar-refractivity contribution in [3.8, 4) is 67.5 Å². The van der Waals surface area contributed by atoms with Gasteiger partial charge in [0.05, 0.1) is 61.6 Å². The molecule has 25 nitrogen and oxygen atoms in total. The van der Waals surface area contributed by atoms with Crippen molar-refractivity contribution in [2.24, 2.45) is 0 Å². The van der Waals surface area contributed by atoms with Crippen LogP contribution in [0.5, 0.6) is 23.0 Å². The van der Waals surface area contributed by atoms with Gasteiger partial charge in [-0.05, 0) is 133 Å². The van der Waals surface area contributed by atoms with Crippen LogP contribution in [0.4, 0.5) is 45.7 Å². The van der Waals surface area contributed by atoms with E-state index in [1.54, 1.807) is 65.8 Å². The molecule has 0 radical (unpaired) electrons. The Balaban J connectivity index is 0.000000112. The number of rotatable bonds is 17. The lowest BCUT2D eigenvalue weighted by molar-refractivity contribution is 0.356. The van der Waals surface area contributed by atoms with E-state index in [0.717, 1.165) is 155 Å². The summed E-state index contributed by atoms with van der Waals surface area (Å²) in [6.45, 7) is 19.5. The van der Waals surface area contributed by atoms with Gasteiger partial charge in [-0.1, -0.05) is 0 Å². The summed E-state index contributed by atoms with van der Waals surface area (Å²) in [7, 11) is 0. The van der Waals surface area contributed by atoms with Gasteiger partial charge in [0.1, 0.15) is 74.7 Å². The summed E-state index contributed by atoms with van der Waals surface area (Å²) < 4.78 is 103. The summed E-state index contributed by atoms with van der Waals surface area (Å²) in [5.74, 6) is 3.98. The number of ether oxygens (including phenoxy) is 4. The molecule has 0 aliphatic carbocycles. The molecule has 592 valence electrons. The molecule has 0 amide bonds. The number of aromatic nitrogens is 17. The monoisotopic (exact) mass is 1580 g/mol. The van der Waals surface area contributed by atoms with Crippen molar-refractivity contribution in [2.45, 2.75) is 113 Å². The minimum Gasteiger partial charge on any atom is -0.493 e. The first-order chi connectivity index (χ1) is 56.8. The molecule has 4 N–H and O–H groups in total. The van der Waals surface area contributed by atoms with E-state index >= 15 is 0 Å². The van der Waals surface area contributed by atoms with Gasteiger partial charge in [-0.3, -0.25) is 37.2 Å². The molecule has 12 aromatic heterocycles.